The van der Waals surface area contributed by atoms with Gasteiger partial charge in [-0.1, -0.05) is 11.6 Å². The van der Waals surface area contributed by atoms with Crippen LogP contribution in [0.1, 0.15) is 32.6 Å². The predicted molar refractivity (Wildman–Crippen MR) is 62.0 cm³/mol. The van der Waals surface area contributed by atoms with Gasteiger partial charge in [0.1, 0.15) is 5.78 Å². The maximum absolute atomic E-state index is 12.0. The fourth-order valence-electron chi connectivity index (χ4n) is 4.34. The highest BCUT2D eigenvalue weighted by Gasteiger charge is 2.57. The number of rotatable bonds is 0. The van der Waals surface area contributed by atoms with Crippen LogP contribution in [0.4, 0.5) is 0 Å². The maximum Gasteiger partial charge on any atom is 0.137 e. The van der Waals surface area contributed by atoms with E-state index in [9.17, 15) is 9.90 Å². The molecule has 0 amide bonds. The molecule has 0 heterocycles. The van der Waals surface area contributed by atoms with Gasteiger partial charge in [-0.2, -0.15) is 0 Å². The SMILES string of the molecule is C/C(Cl)=C1/[C@H]2CC[C@@H]1[C@@H]1C(=O)CC[C@H](O)[C@@H]12. The van der Waals surface area contributed by atoms with Gasteiger partial charge in [-0.3, -0.25) is 4.79 Å². The van der Waals surface area contributed by atoms with Crippen LogP contribution in [0, 0.1) is 23.7 Å². The number of carbonyl (C=O) groups excluding carboxylic acids is 1. The Morgan fingerprint density at radius 3 is 2.62 bits per heavy atom. The molecule has 0 unspecified atom stereocenters. The van der Waals surface area contributed by atoms with Crippen molar-refractivity contribution in [2.24, 2.45) is 23.7 Å². The predicted octanol–water partition coefficient (Wildman–Crippen LogP) is 2.50. The van der Waals surface area contributed by atoms with Gasteiger partial charge in [0.15, 0.2) is 0 Å². The standard InChI is InChI=1S/C13H17ClO2/c1-6(14)11-7-2-3-8(11)13-10(16)5-4-9(15)12(7)13/h7-9,12-13,15H,2-5H2,1H3/b11-6+/t7-,8+,9+,12+,13-/m1/s1. The molecule has 0 saturated heterocycles. The topological polar surface area (TPSA) is 37.3 Å². The van der Waals surface area contributed by atoms with Crippen LogP contribution in [-0.4, -0.2) is 17.0 Å². The third-order valence-corrected chi connectivity index (χ3v) is 5.02. The number of aliphatic hydroxyl groups is 1. The van der Waals surface area contributed by atoms with Gasteiger partial charge in [0.25, 0.3) is 0 Å². The molecule has 3 aliphatic carbocycles. The molecule has 0 radical (unpaired) electrons. The van der Waals surface area contributed by atoms with Gasteiger partial charge in [-0.25, -0.2) is 0 Å². The lowest BCUT2D eigenvalue weighted by molar-refractivity contribution is -0.133. The molecule has 0 aliphatic heterocycles. The Balaban J connectivity index is 2.04. The van der Waals surface area contributed by atoms with Crippen LogP contribution < -0.4 is 0 Å². The number of aliphatic hydroxyl groups excluding tert-OH is 1. The van der Waals surface area contributed by atoms with Gasteiger partial charge in [0.05, 0.1) is 6.10 Å². The lowest BCUT2D eigenvalue weighted by Gasteiger charge is -2.36. The van der Waals surface area contributed by atoms with Crippen molar-refractivity contribution in [1.29, 1.82) is 0 Å². The average molecular weight is 241 g/mol. The molecule has 0 aromatic rings. The van der Waals surface area contributed by atoms with Crippen molar-refractivity contribution in [2.45, 2.75) is 38.7 Å². The number of hydrogen-bond acceptors (Lipinski definition) is 2. The number of ketones is 1. The van der Waals surface area contributed by atoms with E-state index >= 15 is 0 Å². The Labute approximate surface area is 101 Å². The highest BCUT2D eigenvalue weighted by atomic mass is 35.5. The third-order valence-electron chi connectivity index (χ3n) is 4.80. The van der Waals surface area contributed by atoms with E-state index in [0.29, 0.717) is 30.5 Å². The number of hydrogen-bond donors (Lipinski definition) is 1. The Hall–Kier alpha value is -0.340. The number of halogens is 1. The van der Waals surface area contributed by atoms with E-state index in [1.807, 2.05) is 6.92 Å². The molecule has 88 valence electrons. The van der Waals surface area contributed by atoms with E-state index in [4.69, 9.17) is 11.6 Å². The van der Waals surface area contributed by atoms with Crippen molar-refractivity contribution in [2.75, 3.05) is 0 Å². The molecule has 16 heavy (non-hydrogen) atoms. The summed E-state index contributed by atoms with van der Waals surface area (Å²) in [5.41, 5.74) is 1.28. The van der Waals surface area contributed by atoms with Gasteiger partial charge >= 0.3 is 0 Å². The largest absolute Gasteiger partial charge is 0.393 e. The minimum Gasteiger partial charge on any atom is -0.393 e. The van der Waals surface area contributed by atoms with Gasteiger partial charge < -0.3 is 5.11 Å². The summed E-state index contributed by atoms with van der Waals surface area (Å²) in [6.45, 7) is 1.93. The smallest absolute Gasteiger partial charge is 0.137 e. The Kier molecular flexibility index (Phi) is 2.41. The van der Waals surface area contributed by atoms with Crippen LogP contribution in [-0.2, 0) is 4.79 Å². The maximum atomic E-state index is 12.0. The summed E-state index contributed by atoms with van der Waals surface area (Å²) >= 11 is 6.16. The monoisotopic (exact) mass is 240 g/mol. The first-order valence-corrected chi connectivity index (χ1v) is 6.56. The number of allylic oxidation sites excluding steroid dienone is 2. The molecule has 3 heteroatoms. The zero-order chi connectivity index (χ0) is 11.4. The summed E-state index contributed by atoms with van der Waals surface area (Å²) < 4.78 is 0. The fourth-order valence-corrected chi connectivity index (χ4v) is 4.62. The molecule has 3 fully saturated rings. The van der Waals surface area contributed by atoms with Crippen molar-refractivity contribution >= 4 is 17.4 Å². The molecule has 3 aliphatic rings. The molecule has 2 bridgehead atoms. The lowest BCUT2D eigenvalue weighted by Crippen LogP contribution is -2.41. The highest BCUT2D eigenvalue weighted by Crippen LogP contribution is 2.60. The average Bonchev–Trinajstić information content (AvgIpc) is 2.79. The zero-order valence-corrected chi connectivity index (χ0v) is 10.2. The van der Waals surface area contributed by atoms with Crippen molar-refractivity contribution < 1.29 is 9.90 Å². The first-order valence-electron chi connectivity index (χ1n) is 6.18. The molecule has 0 aromatic heterocycles. The van der Waals surface area contributed by atoms with Gasteiger partial charge in [-0.05, 0) is 43.6 Å². The second-order valence-corrected chi connectivity index (χ2v) is 6.02. The van der Waals surface area contributed by atoms with Crippen molar-refractivity contribution in [1.82, 2.24) is 0 Å². The van der Waals surface area contributed by atoms with Gasteiger partial charge in [0, 0.05) is 23.3 Å². The number of carbonyl (C=O) groups is 1. The first kappa shape index (κ1) is 10.8. The molecule has 5 atom stereocenters. The van der Waals surface area contributed by atoms with Crippen molar-refractivity contribution in [3.63, 3.8) is 0 Å². The molecular weight excluding hydrogens is 224 g/mol. The summed E-state index contributed by atoms with van der Waals surface area (Å²) in [6, 6.07) is 0. The minimum atomic E-state index is -0.288. The second kappa shape index (κ2) is 3.58. The van der Waals surface area contributed by atoms with Crippen LogP contribution in [0.15, 0.2) is 10.6 Å². The van der Waals surface area contributed by atoms with Gasteiger partial charge in [0.2, 0.25) is 0 Å². The van der Waals surface area contributed by atoms with E-state index in [2.05, 4.69) is 0 Å². The summed E-state index contributed by atoms with van der Waals surface area (Å²) in [7, 11) is 0. The van der Waals surface area contributed by atoms with Crippen LogP contribution >= 0.6 is 11.6 Å². The van der Waals surface area contributed by atoms with Crippen LogP contribution in [0.25, 0.3) is 0 Å². The van der Waals surface area contributed by atoms with Crippen LogP contribution in [0.3, 0.4) is 0 Å². The van der Waals surface area contributed by atoms with E-state index in [-0.39, 0.29) is 17.9 Å². The summed E-state index contributed by atoms with van der Waals surface area (Å²) in [6.07, 6.45) is 3.11. The number of fused-ring (bicyclic) bond motifs is 5. The Morgan fingerprint density at radius 1 is 1.31 bits per heavy atom. The summed E-state index contributed by atoms with van der Waals surface area (Å²) in [5.74, 6) is 1.33. The Morgan fingerprint density at radius 2 is 2.00 bits per heavy atom. The molecule has 1 N–H and O–H groups in total. The molecule has 3 rings (SSSR count). The second-order valence-electron chi connectivity index (χ2n) is 5.45. The fraction of sp³-hybridized carbons (Fsp3) is 0.769. The van der Waals surface area contributed by atoms with E-state index < -0.39 is 0 Å². The highest BCUT2D eigenvalue weighted by molar-refractivity contribution is 6.29. The van der Waals surface area contributed by atoms with Gasteiger partial charge in [-0.15, -0.1) is 0 Å². The molecule has 3 saturated carbocycles. The molecule has 0 aromatic carbocycles. The zero-order valence-electron chi connectivity index (χ0n) is 9.45. The van der Waals surface area contributed by atoms with E-state index in [0.717, 1.165) is 17.9 Å². The number of Topliss-reactive ketones (excluding diaryl/α,β-unsaturated/α-hetero) is 1. The quantitative estimate of drug-likeness (QED) is 0.707. The molecular formula is C13H17ClO2. The van der Waals surface area contributed by atoms with Crippen molar-refractivity contribution in [3.8, 4) is 0 Å². The van der Waals surface area contributed by atoms with Crippen LogP contribution in [0.2, 0.25) is 0 Å². The third kappa shape index (κ3) is 1.26. The molecule has 2 nitrogen and oxygen atoms in total. The molecule has 0 spiro atoms. The minimum absolute atomic E-state index is 0.0752. The summed E-state index contributed by atoms with van der Waals surface area (Å²) in [4.78, 5) is 12.0. The summed E-state index contributed by atoms with van der Waals surface area (Å²) in [5, 5.41) is 11.0. The van der Waals surface area contributed by atoms with E-state index in [1.165, 1.54) is 5.57 Å². The van der Waals surface area contributed by atoms with Crippen LogP contribution in [0.5, 0.6) is 0 Å². The van der Waals surface area contributed by atoms with E-state index in [1.54, 1.807) is 0 Å². The first-order chi connectivity index (χ1) is 7.61. The normalized spacial score (nSPS) is 49.4. The van der Waals surface area contributed by atoms with Crippen molar-refractivity contribution in [3.05, 3.63) is 10.6 Å². The Bertz CT molecular complexity index is 370. The lowest BCUT2D eigenvalue weighted by atomic mass is 9.69.